The maximum atomic E-state index is 13.0. The number of hydrogen-bond donors (Lipinski definition) is 0. The number of benzene rings is 2. The van der Waals surface area contributed by atoms with Gasteiger partial charge in [-0.3, -0.25) is 0 Å². The highest BCUT2D eigenvalue weighted by Crippen LogP contribution is 2.27. The molecule has 0 radical (unpaired) electrons. The molecule has 0 aliphatic carbocycles. The maximum Gasteiger partial charge on any atom is 0.337 e. The first kappa shape index (κ1) is 22.7. The van der Waals surface area contributed by atoms with E-state index in [9.17, 15) is 13.2 Å². The molecule has 0 spiro atoms. The summed E-state index contributed by atoms with van der Waals surface area (Å²) in [6.45, 7) is 2.26. The molecule has 1 heterocycles. The van der Waals surface area contributed by atoms with E-state index in [0.29, 0.717) is 23.7 Å². The van der Waals surface area contributed by atoms with E-state index in [1.165, 1.54) is 32.4 Å². The summed E-state index contributed by atoms with van der Waals surface area (Å²) in [5.41, 5.74) is 0.757. The molecule has 0 bridgehead atoms. The van der Waals surface area contributed by atoms with Gasteiger partial charge in [0.05, 0.1) is 30.8 Å². The maximum absolute atomic E-state index is 13.0. The van der Waals surface area contributed by atoms with Gasteiger partial charge in [0, 0.05) is 12.6 Å². The third kappa shape index (κ3) is 5.04. The molecule has 1 aromatic heterocycles. The number of carbonyl (C=O) groups is 1. The molecule has 0 aliphatic rings. The van der Waals surface area contributed by atoms with Crippen LogP contribution in [0, 0.1) is 0 Å². The first-order valence-corrected chi connectivity index (χ1v) is 11.0. The lowest BCUT2D eigenvalue weighted by molar-refractivity contribution is 0.0600. The highest BCUT2D eigenvalue weighted by Gasteiger charge is 2.27. The topological polar surface area (TPSA) is 112 Å². The monoisotopic (exact) mass is 465 g/mol. The Kier molecular flexibility index (Phi) is 6.94. The minimum absolute atomic E-state index is 0.0277. The standard InChI is InChI=1S/C20H20ClN3O6S/c1-4-29-15-8-5-13(6-9-15)19-22-18(30-23-19)12-24(2)31(26,27)17-11-14(20(25)28-3)7-10-16(17)21/h5-11H,4,12H2,1-3H3. The molecular weight excluding hydrogens is 446 g/mol. The second-order valence-electron chi connectivity index (χ2n) is 6.37. The van der Waals surface area contributed by atoms with Crippen LogP contribution in [0.2, 0.25) is 5.02 Å². The number of nitrogens with zero attached hydrogens (tertiary/aromatic N) is 3. The predicted octanol–water partition coefficient (Wildman–Crippen LogP) is 3.40. The number of sulfonamides is 1. The Morgan fingerprint density at radius 2 is 1.90 bits per heavy atom. The lowest BCUT2D eigenvalue weighted by Crippen LogP contribution is -2.27. The normalized spacial score (nSPS) is 11.5. The van der Waals surface area contributed by atoms with Gasteiger partial charge in [0.1, 0.15) is 10.6 Å². The number of ether oxygens (including phenoxy) is 2. The van der Waals surface area contributed by atoms with Crippen molar-refractivity contribution in [1.29, 1.82) is 0 Å². The first-order chi connectivity index (χ1) is 14.8. The summed E-state index contributed by atoms with van der Waals surface area (Å²) in [5, 5.41) is 3.87. The molecule has 3 aromatic rings. The minimum atomic E-state index is -4.05. The smallest absolute Gasteiger partial charge is 0.337 e. The molecule has 0 N–H and O–H groups in total. The van der Waals surface area contributed by atoms with Crippen LogP contribution >= 0.6 is 11.6 Å². The van der Waals surface area contributed by atoms with Crippen LogP contribution in [0.3, 0.4) is 0 Å². The van der Waals surface area contributed by atoms with Crippen molar-refractivity contribution < 1.29 is 27.2 Å². The molecule has 0 saturated carbocycles. The molecule has 0 atom stereocenters. The Morgan fingerprint density at radius 3 is 2.55 bits per heavy atom. The highest BCUT2D eigenvalue weighted by molar-refractivity contribution is 7.89. The van der Waals surface area contributed by atoms with E-state index in [0.717, 1.165) is 4.31 Å². The van der Waals surface area contributed by atoms with Gasteiger partial charge in [-0.25, -0.2) is 13.2 Å². The van der Waals surface area contributed by atoms with E-state index >= 15 is 0 Å². The van der Waals surface area contributed by atoms with Crippen molar-refractivity contribution in [2.75, 3.05) is 20.8 Å². The van der Waals surface area contributed by atoms with Crippen molar-refractivity contribution in [2.45, 2.75) is 18.4 Å². The summed E-state index contributed by atoms with van der Waals surface area (Å²) >= 11 is 6.08. The lowest BCUT2D eigenvalue weighted by Gasteiger charge is -2.16. The van der Waals surface area contributed by atoms with E-state index in [2.05, 4.69) is 14.9 Å². The van der Waals surface area contributed by atoms with Gasteiger partial charge < -0.3 is 14.0 Å². The third-order valence-electron chi connectivity index (χ3n) is 4.29. The number of methoxy groups -OCH3 is 1. The van der Waals surface area contributed by atoms with Crippen molar-refractivity contribution in [1.82, 2.24) is 14.4 Å². The van der Waals surface area contributed by atoms with Gasteiger partial charge in [0.15, 0.2) is 0 Å². The summed E-state index contributed by atoms with van der Waals surface area (Å²) in [6.07, 6.45) is 0. The van der Waals surface area contributed by atoms with Crippen molar-refractivity contribution in [3.8, 4) is 17.1 Å². The van der Waals surface area contributed by atoms with Crippen molar-refractivity contribution in [2.24, 2.45) is 0 Å². The summed E-state index contributed by atoms with van der Waals surface area (Å²) < 4.78 is 42.2. The summed E-state index contributed by atoms with van der Waals surface area (Å²) in [6, 6.07) is 11.0. The second kappa shape index (κ2) is 9.46. The van der Waals surface area contributed by atoms with Crippen LogP contribution in [0.4, 0.5) is 0 Å². The molecular formula is C20H20ClN3O6S. The summed E-state index contributed by atoms with van der Waals surface area (Å²) in [4.78, 5) is 15.8. The number of halogens is 1. The fourth-order valence-electron chi connectivity index (χ4n) is 2.69. The average Bonchev–Trinajstić information content (AvgIpc) is 3.22. The zero-order valence-corrected chi connectivity index (χ0v) is 18.6. The third-order valence-corrected chi connectivity index (χ3v) is 6.58. The zero-order valence-electron chi connectivity index (χ0n) is 17.0. The molecule has 0 amide bonds. The van der Waals surface area contributed by atoms with Crippen LogP contribution in [-0.2, 0) is 21.3 Å². The molecule has 2 aromatic carbocycles. The Labute approximate surface area is 184 Å². The van der Waals surface area contributed by atoms with Crippen LogP contribution < -0.4 is 4.74 Å². The van der Waals surface area contributed by atoms with Gasteiger partial charge in [-0.1, -0.05) is 16.8 Å². The number of rotatable bonds is 8. The Bertz CT molecular complexity index is 1180. The van der Waals surface area contributed by atoms with E-state index in [1.807, 2.05) is 6.92 Å². The van der Waals surface area contributed by atoms with Crippen LogP contribution in [0.1, 0.15) is 23.2 Å². The van der Waals surface area contributed by atoms with E-state index in [4.69, 9.17) is 20.9 Å². The first-order valence-electron chi connectivity index (χ1n) is 9.16. The molecule has 164 valence electrons. The molecule has 0 fully saturated rings. The minimum Gasteiger partial charge on any atom is -0.494 e. The van der Waals surface area contributed by atoms with Crippen LogP contribution in [0.15, 0.2) is 51.9 Å². The van der Waals surface area contributed by atoms with Gasteiger partial charge in [-0.2, -0.15) is 9.29 Å². The average molecular weight is 466 g/mol. The van der Waals surface area contributed by atoms with Crippen LogP contribution in [0.5, 0.6) is 5.75 Å². The molecule has 3 rings (SSSR count). The molecule has 0 unspecified atom stereocenters. The van der Waals surface area contributed by atoms with Crippen molar-refractivity contribution in [3.05, 3.63) is 58.9 Å². The van der Waals surface area contributed by atoms with Crippen molar-refractivity contribution in [3.63, 3.8) is 0 Å². The Balaban J connectivity index is 1.80. The molecule has 0 saturated heterocycles. The number of aromatic nitrogens is 2. The molecule has 9 nitrogen and oxygen atoms in total. The predicted molar refractivity (Wildman–Crippen MR) is 112 cm³/mol. The number of esters is 1. The quantitative estimate of drug-likeness (QED) is 0.465. The van der Waals surface area contributed by atoms with Crippen LogP contribution in [-0.4, -0.2) is 49.6 Å². The van der Waals surface area contributed by atoms with E-state index in [1.54, 1.807) is 24.3 Å². The largest absolute Gasteiger partial charge is 0.494 e. The van der Waals surface area contributed by atoms with Gasteiger partial charge in [-0.05, 0) is 49.4 Å². The lowest BCUT2D eigenvalue weighted by atomic mass is 10.2. The van der Waals surface area contributed by atoms with Gasteiger partial charge in [0.25, 0.3) is 0 Å². The van der Waals surface area contributed by atoms with Crippen molar-refractivity contribution >= 4 is 27.6 Å². The Morgan fingerprint density at radius 1 is 1.19 bits per heavy atom. The fraction of sp³-hybridized carbons (Fsp3) is 0.250. The second-order valence-corrected chi connectivity index (χ2v) is 8.79. The van der Waals surface area contributed by atoms with Gasteiger partial charge >= 0.3 is 5.97 Å². The SMILES string of the molecule is CCOc1ccc(-c2noc(CN(C)S(=O)(=O)c3cc(C(=O)OC)ccc3Cl)n2)cc1. The molecule has 0 aliphatic heterocycles. The Hall–Kier alpha value is -2.95. The van der Waals surface area contributed by atoms with Crippen LogP contribution in [0.25, 0.3) is 11.4 Å². The number of carbonyl (C=O) groups excluding carboxylic acids is 1. The van der Waals surface area contributed by atoms with E-state index < -0.39 is 16.0 Å². The highest BCUT2D eigenvalue weighted by atomic mass is 35.5. The van der Waals surface area contributed by atoms with E-state index in [-0.39, 0.29) is 27.9 Å². The zero-order chi connectivity index (χ0) is 22.6. The summed E-state index contributed by atoms with van der Waals surface area (Å²) in [7, 11) is -1.50. The fourth-order valence-corrected chi connectivity index (χ4v) is 4.31. The summed E-state index contributed by atoms with van der Waals surface area (Å²) in [5.74, 6) is 0.448. The molecule has 11 heteroatoms. The molecule has 31 heavy (non-hydrogen) atoms. The van der Waals surface area contributed by atoms with Gasteiger partial charge in [0.2, 0.25) is 21.7 Å². The number of hydrogen-bond acceptors (Lipinski definition) is 8. The van der Waals surface area contributed by atoms with Gasteiger partial charge in [-0.15, -0.1) is 0 Å².